The number of piperidine rings is 1. The summed E-state index contributed by atoms with van der Waals surface area (Å²) in [5.74, 6) is 2.33. The molecule has 0 bridgehead atoms. The zero-order chi connectivity index (χ0) is 23.3. The summed E-state index contributed by atoms with van der Waals surface area (Å²) in [7, 11) is 0. The quantitative estimate of drug-likeness (QED) is 0.590. The van der Waals surface area contributed by atoms with Gasteiger partial charge in [-0.25, -0.2) is 0 Å². The van der Waals surface area contributed by atoms with Gasteiger partial charge in [0.25, 0.3) is 0 Å². The summed E-state index contributed by atoms with van der Waals surface area (Å²) in [6.07, 6.45) is 2.61. The number of nitrogens with one attached hydrogen (secondary N) is 1. The molecule has 178 valence electrons. The van der Waals surface area contributed by atoms with Crippen LogP contribution in [-0.4, -0.2) is 50.3 Å². The molecule has 1 N–H and O–H groups in total. The number of halogens is 1. The molecule has 0 radical (unpaired) electrons. The van der Waals surface area contributed by atoms with Crippen molar-refractivity contribution in [3.8, 4) is 5.75 Å². The van der Waals surface area contributed by atoms with E-state index in [4.69, 9.17) is 21.1 Å². The van der Waals surface area contributed by atoms with Crippen LogP contribution in [0.5, 0.6) is 5.75 Å². The number of hydrogen-bond acceptors (Lipinski definition) is 4. The highest BCUT2D eigenvalue weighted by Crippen LogP contribution is 2.37. The van der Waals surface area contributed by atoms with Gasteiger partial charge in [0.2, 0.25) is 5.91 Å². The molecule has 0 aliphatic carbocycles. The van der Waals surface area contributed by atoms with Crippen LogP contribution in [0.3, 0.4) is 0 Å². The van der Waals surface area contributed by atoms with E-state index in [9.17, 15) is 4.79 Å². The molecule has 4 rings (SSSR count). The van der Waals surface area contributed by atoms with Gasteiger partial charge in [0.05, 0.1) is 5.41 Å². The van der Waals surface area contributed by atoms with Gasteiger partial charge in [-0.05, 0) is 73.1 Å². The molecule has 0 unspecified atom stereocenters. The van der Waals surface area contributed by atoms with E-state index in [0.717, 1.165) is 48.5 Å². The number of anilines is 1. The van der Waals surface area contributed by atoms with Crippen molar-refractivity contribution in [3.05, 3.63) is 59.1 Å². The molecule has 0 saturated carbocycles. The molecule has 2 heterocycles. The van der Waals surface area contributed by atoms with E-state index in [0.29, 0.717) is 37.7 Å². The van der Waals surface area contributed by atoms with Crippen LogP contribution in [0.2, 0.25) is 5.02 Å². The first-order valence-corrected chi connectivity index (χ1v) is 12.4. The number of amides is 1. The fourth-order valence-corrected chi connectivity index (χ4v) is 5.41. The van der Waals surface area contributed by atoms with Gasteiger partial charge >= 0.3 is 0 Å². The summed E-state index contributed by atoms with van der Waals surface area (Å²) >= 11 is 6.07. The second-order valence-corrected chi connectivity index (χ2v) is 10.2. The van der Waals surface area contributed by atoms with Gasteiger partial charge in [0.15, 0.2) is 0 Å². The predicted molar refractivity (Wildman–Crippen MR) is 133 cm³/mol. The second-order valence-electron chi connectivity index (χ2n) is 9.73. The van der Waals surface area contributed by atoms with Crippen molar-refractivity contribution in [2.75, 3.05) is 44.8 Å². The molecule has 2 saturated heterocycles. The van der Waals surface area contributed by atoms with Crippen molar-refractivity contribution >= 4 is 23.2 Å². The Balaban J connectivity index is 1.34. The lowest BCUT2D eigenvalue weighted by molar-refractivity contribution is -0.125. The van der Waals surface area contributed by atoms with Crippen LogP contribution >= 0.6 is 11.6 Å². The summed E-state index contributed by atoms with van der Waals surface area (Å²) in [6, 6.07) is 15.3. The lowest BCUT2D eigenvalue weighted by Crippen LogP contribution is -2.44. The van der Waals surface area contributed by atoms with Crippen LogP contribution in [0, 0.1) is 11.8 Å². The lowest BCUT2D eigenvalue weighted by Gasteiger charge is -2.36. The Bertz CT molecular complexity index is 900. The van der Waals surface area contributed by atoms with Crippen molar-refractivity contribution in [1.29, 1.82) is 0 Å². The summed E-state index contributed by atoms with van der Waals surface area (Å²) in [6.45, 7) is 9.71. The van der Waals surface area contributed by atoms with Crippen molar-refractivity contribution in [3.63, 3.8) is 0 Å². The van der Waals surface area contributed by atoms with E-state index >= 15 is 0 Å². The molecule has 2 aliphatic rings. The summed E-state index contributed by atoms with van der Waals surface area (Å²) in [5.41, 5.74) is 1.14. The van der Waals surface area contributed by atoms with Crippen LogP contribution in [0.1, 0.15) is 38.7 Å². The van der Waals surface area contributed by atoms with Crippen LogP contribution in [0.15, 0.2) is 48.5 Å². The van der Waals surface area contributed by atoms with Gasteiger partial charge in [-0.15, -0.1) is 0 Å². The molecule has 0 spiro atoms. The Morgan fingerprint density at radius 1 is 1.06 bits per heavy atom. The van der Waals surface area contributed by atoms with Crippen LogP contribution in [-0.2, 0) is 14.9 Å². The third-order valence-electron chi connectivity index (χ3n) is 6.91. The SMILES string of the molecule is C[C@@H]1C[C@@H](C)CN(CCOc2ccc(NC(=O)C3(c4ccc(Cl)cc4)CCOCC3)cc2)C1. The first-order chi connectivity index (χ1) is 15.9. The average molecular weight is 471 g/mol. The molecular weight excluding hydrogens is 436 g/mol. The highest BCUT2D eigenvalue weighted by molar-refractivity contribution is 6.30. The maximum atomic E-state index is 13.4. The van der Waals surface area contributed by atoms with E-state index in [-0.39, 0.29) is 5.91 Å². The number of ether oxygens (including phenoxy) is 2. The first kappa shape index (κ1) is 24.1. The Morgan fingerprint density at radius 2 is 1.70 bits per heavy atom. The average Bonchev–Trinajstić information content (AvgIpc) is 2.80. The van der Waals surface area contributed by atoms with Gasteiger partial charge in [-0.1, -0.05) is 37.6 Å². The highest BCUT2D eigenvalue weighted by atomic mass is 35.5. The molecule has 2 aromatic rings. The predicted octanol–water partition coefficient (Wildman–Crippen LogP) is 5.38. The number of benzene rings is 2. The Labute approximate surface area is 202 Å². The standard InChI is InChI=1S/C27H35ClN2O3/c1-20-17-21(2)19-30(18-20)13-16-33-25-9-7-24(8-10-25)29-26(31)27(11-14-32-15-12-27)22-3-5-23(28)6-4-22/h3-10,20-21H,11-19H2,1-2H3,(H,29,31)/t20-,21-/m1/s1. The molecule has 5 nitrogen and oxygen atoms in total. The van der Waals surface area contributed by atoms with E-state index in [1.807, 2.05) is 48.5 Å². The molecule has 0 aromatic heterocycles. The Hall–Kier alpha value is -2.08. The van der Waals surface area contributed by atoms with Gasteiger partial charge in [-0.3, -0.25) is 9.69 Å². The number of nitrogens with zero attached hydrogens (tertiary/aromatic N) is 1. The third kappa shape index (κ3) is 6.08. The van der Waals surface area contributed by atoms with Gasteiger partial charge in [0.1, 0.15) is 12.4 Å². The largest absolute Gasteiger partial charge is 0.492 e. The van der Waals surface area contributed by atoms with E-state index in [1.54, 1.807) is 0 Å². The number of hydrogen-bond donors (Lipinski definition) is 1. The smallest absolute Gasteiger partial charge is 0.235 e. The Kier molecular flexibility index (Phi) is 7.94. The van der Waals surface area contributed by atoms with Crippen molar-refractivity contribution in [1.82, 2.24) is 4.90 Å². The maximum Gasteiger partial charge on any atom is 0.235 e. The molecule has 2 aromatic carbocycles. The summed E-state index contributed by atoms with van der Waals surface area (Å²) < 4.78 is 11.5. The van der Waals surface area contributed by atoms with E-state index < -0.39 is 5.41 Å². The van der Waals surface area contributed by atoms with Crippen LogP contribution < -0.4 is 10.1 Å². The summed E-state index contributed by atoms with van der Waals surface area (Å²) in [5, 5.41) is 3.79. The fourth-order valence-electron chi connectivity index (χ4n) is 5.29. The van der Waals surface area contributed by atoms with E-state index in [1.165, 1.54) is 6.42 Å². The zero-order valence-corrected chi connectivity index (χ0v) is 20.4. The monoisotopic (exact) mass is 470 g/mol. The van der Waals surface area contributed by atoms with E-state index in [2.05, 4.69) is 24.1 Å². The van der Waals surface area contributed by atoms with Crippen molar-refractivity contribution in [2.45, 2.75) is 38.5 Å². The fraction of sp³-hybridized carbons (Fsp3) is 0.519. The van der Waals surface area contributed by atoms with Gasteiger partial charge in [-0.2, -0.15) is 0 Å². The summed E-state index contributed by atoms with van der Waals surface area (Å²) in [4.78, 5) is 15.9. The molecule has 2 fully saturated rings. The van der Waals surface area contributed by atoms with Gasteiger partial charge < -0.3 is 14.8 Å². The number of likely N-dealkylation sites (tertiary alicyclic amines) is 1. The number of carbonyl (C=O) groups excluding carboxylic acids is 1. The molecule has 1 amide bonds. The van der Waals surface area contributed by atoms with Crippen LogP contribution in [0.4, 0.5) is 5.69 Å². The molecule has 33 heavy (non-hydrogen) atoms. The lowest BCUT2D eigenvalue weighted by atomic mass is 9.73. The molecule has 2 aliphatic heterocycles. The minimum absolute atomic E-state index is 0.00451. The number of carbonyl (C=O) groups is 1. The second kappa shape index (κ2) is 10.9. The Morgan fingerprint density at radius 3 is 2.33 bits per heavy atom. The third-order valence-corrected chi connectivity index (χ3v) is 7.16. The first-order valence-electron chi connectivity index (χ1n) is 12.0. The maximum absolute atomic E-state index is 13.4. The zero-order valence-electron chi connectivity index (χ0n) is 19.7. The normalized spacial score (nSPS) is 23.1. The van der Waals surface area contributed by atoms with Crippen LogP contribution in [0.25, 0.3) is 0 Å². The number of rotatable bonds is 7. The molecule has 6 heteroatoms. The highest BCUT2D eigenvalue weighted by Gasteiger charge is 2.41. The minimum Gasteiger partial charge on any atom is -0.492 e. The molecular formula is C27H35ClN2O3. The van der Waals surface area contributed by atoms with Crippen molar-refractivity contribution < 1.29 is 14.3 Å². The molecule has 2 atom stereocenters. The topological polar surface area (TPSA) is 50.8 Å². The minimum atomic E-state index is -0.610. The van der Waals surface area contributed by atoms with Crippen molar-refractivity contribution in [2.24, 2.45) is 11.8 Å². The van der Waals surface area contributed by atoms with Gasteiger partial charge in [0, 0.05) is 43.6 Å².